The molecule has 3 rings (SSSR count). The molecule has 0 bridgehead atoms. The van der Waals surface area contributed by atoms with Gasteiger partial charge in [0.1, 0.15) is 0 Å². The van der Waals surface area contributed by atoms with E-state index in [-0.39, 0.29) is 0 Å². The highest BCUT2D eigenvalue weighted by Crippen LogP contribution is 2.35. The average molecular weight is 276 g/mol. The summed E-state index contributed by atoms with van der Waals surface area (Å²) < 4.78 is 0. The van der Waals surface area contributed by atoms with Gasteiger partial charge >= 0.3 is 5.97 Å². The molecule has 0 heterocycles. The van der Waals surface area contributed by atoms with E-state index in [2.05, 4.69) is 6.07 Å². The van der Waals surface area contributed by atoms with Gasteiger partial charge in [-0.1, -0.05) is 66.7 Å². The predicted octanol–water partition coefficient (Wildman–Crippen LogP) is 4.69. The summed E-state index contributed by atoms with van der Waals surface area (Å²) in [6, 6.07) is 21.9. The minimum Gasteiger partial charge on any atom is -0.481 e. The van der Waals surface area contributed by atoms with Crippen LogP contribution in [0.4, 0.5) is 0 Å². The van der Waals surface area contributed by atoms with Crippen molar-refractivity contribution < 1.29 is 9.90 Å². The van der Waals surface area contributed by atoms with Crippen LogP contribution in [0.3, 0.4) is 0 Å². The van der Waals surface area contributed by atoms with Gasteiger partial charge in [-0.15, -0.1) is 0 Å². The molecule has 21 heavy (non-hydrogen) atoms. The van der Waals surface area contributed by atoms with Crippen LogP contribution in [0.15, 0.2) is 66.7 Å². The van der Waals surface area contributed by atoms with Gasteiger partial charge < -0.3 is 5.11 Å². The summed E-state index contributed by atoms with van der Waals surface area (Å²) in [6.07, 6.45) is 0. The van der Waals surface area contributed by atoms with Crippen molar-refractivity contribution in [3.63, 3.8) is 0 Å². The zero-order valence-corrected chi connectivity index (χ0v) is 11.8. The van der Waals surface area contributed by atoms with Crippen molar-refractivity contribution in [3.8, 4) is 11.1 Å². The third-order valence-corrected chi connectivity index (χ3v) is 3.86. The van der Waals surface area contributed by atoms with E-state index in [9.17, 15) is 9.90 Å². The number of hydrogen-bond acceptors (Lipinski definition) is 1. The van der Waals surface area contributed by atoms with E-state index < -0.39 is 11.9 Å². The molecule has 104 valence electrons. The normalized spacial score (nSPS) is 12.2. The molecule has 3 aromatic rings. The lowest BCUT2D eigenvalue weighted by Crippen LogP contribution is -2.09. The summed E-state index contributed by atoms with van der Waals surface area (Å²) in [7, 11) is 0. The lowest BCUT2D eigenvalue weighted by molar-refractivity contribution is -0.138. The number of hydrogen-bond donors (Lipinski definition) is 1. The minimum atomic E-state index is -0.802. The third-order valence-electron chi connectivity index (χ3n) is 3.86. The van der Waals surface area contributed by atoms with Crippen LogP contribution in [0.1, 0.15) is 18.4 Å². The first kappa shape index (κ1) is 13.4. The van der Waals surface area contributed by atoms with E-state index in [4.69, 9.17) is 0 Å². The highest BCUT2D eigenvalue weighted by Gasteiger charge is 2.20. The lowest BCUT2D eigenvalue weighted by Gasteiger charge is -2.16. The van der Waals surface area contributed by atoms with Crippen LogP contribution in [0.25, 0.3) is 21.9 Å². The number of fused-ring (bicyclic) bond motifs is 1. The van der Waals surface area contributed by atoms with Crippen molar-refractivity contribution in [3.05, 3.63) is 72.3 Å². The van der Waals surface area contributed by atoms with Crippen LogP contribution in [-0.2, 0) is 4.79 Å². The summed E-state index contributed by atoms with van der Waals surface area (Å²) in [6.45, 7) is 1.75. The monoisotopic (exact) mass is 276 g/mol. The van der Waals surface area contributed by atoms with Crippen molar-refractivity contribution in [1.82, 2.24) is 0 Å². The van der Waals surface area contributed by atoms with E-state index in [1.807, 2.05) is 60.7 Å². The van der Waals surface area contributed by atoms with Crippen LogP contribution in [0.5, 0.6) is 0 Å². The molecule has 1 atom stereocenters. The fourth-order valence-corrected chi connectivity index (χ4v) is 2.76. The lowest BCUT2D eigenvalue weighted by atomic mass is 9.87. The van der Waals surface area contributed by atoms with Crippen molar-refractivity contribution in [1.29, 1.82) is 0 Å². The summed E-state index contributed by atoms with van der Waals surface area (Å²) >= 11 is 0. The molecule has 0 saturated carbocycles. The van der Waals surface area contributed by atoms with Crippen molar-refractivity contribution in [2.24, 2.45) is 0 Å². The highest BCUT2D eigenvalue weighted by molar-refractivity contribution is 5.96. The molecule has 2 nitrogen and oxygen atoms in total. The number of benzene rings is 3. The number of aliphatic carboxylic acids is 1. The smallest absolute Gasteiger partial charge is 0.310 e. The van der Waals surface area contributed by atoms with Gasteiger partial charge in [0.15, 0.2) is 0 Å². The Kier molecular flexibility index (Phi) is 3.44. The zero-order valence-electron chi connectivity index (χ0n) is 11.8. The molecule has 0 fully saturated rings. The summed E-state index contributed by atoms with van der Waals surface area (Å²) in [5.74, 6) is -1.35. The first-order valence-electron chi connectivity index (χ1n) is 6.98. The van der Waals surface area contributed by atoms with Crippen molar-refractivity contribution >= 4 is 16.7 Å². The fraction of sp³-hybridized carbons (Fsp3) is 0.105. The zero-order chi connectivity index (χ0) is 14.8. The van der Waals surface area contributed by atoms with Crippen LogP contribution in [-0.4, -0.2) is 11.1 Å². The maximum atomic E-state index is 11.5. The van der Waals surface area contributed by atoms with E-state index in [0.29, 0.717) is 0 Å². The molecule has 0 radical (unpaired) electrons. The first-order valence-corrected chi connectivity index (χ1v) is 6.98. The Morgan fingerprint density at radius 1 is 0.905 bits per heavy atom. The summed E-state index contributed by atoms with van der Waals surface area (Å²) in [5, 5.41) is 11.5. The molecule has 2 heteroatoms. The number of carboxylic acids is 1. The molecule has 0 saturated heterocycles. The van der Waals surface area contributed by atoms with Gasteiger partial charge in [0.05, 0.1) is 5.92 Å². The van der Waals surface area contributed by atoms with Crippen molar-refractivity contribution in [2.75, 3.05) is 0 Å². The molecule has 0 aliphatic carbocycles. The molecule has 0 aromatic heterocycles. The average Bonchev–Trinajstić information content (AvgIpc) is 2.53. The third kappa shape index (κ3) is 2.40. The van der Waals surface area contributed by atoms with E-state index in [1.54, 1.807) is 6.92 Å². The molecule has 0 aliphatic rings. The van der Waals surface area contributed by atoms with Crippen molar-refractivity contribution in [2.45, 2.75) is 12.8 Å². The van der Waals surface area contributed by atoms with Crippen LogP contribution >= 0.6 is 0 Å². The topological polar surface area (TPSA) is 37.3 Å². The summed E-state index contributed by atoms with van der Waals surface area (Å²) in [5.41, 5.74) is 2.92. The molecule has 0 amide bonds. The standard InChI is InChI=1S/C19H16O2/c1-13(19(20)21)18-16-10-6-5-9-15(16)11-12-17(18)14-7-3-2-4-8-14/h2-13H,1H3,(H,20,21)/t13-/m0/s1. The van der Waals surface area contributed by atoms with Crippen LogP contribution in [0.2, 0.25) is 0 Å². The molecule has 3 aromatic carbocycles. The molecule has 0 spiro atoms. The minimum absolute atomic E-state index is 0.550. The second-order valence-electron chi connectivity index (χ2n) is 5.17. The Bertz CT molecular complexity index is 791. The Morgan fingerprint density at radius 2 is 1.57 bits per heavy atom. The van der Waals surface area contributed by atoms with Gasteiger partial charge in [0.2, 0.25) is 0 Å². The molecule has 0 aliphatic heterocycles. The van der Waals surface area contributed by atoms with Gasteiger partial charge in [-0.05, 0) is 34.4 Å². The van der Waals surface area contributed by atoms with Gasteiger partial charge in [-0.25, -0.2) is 0 Å². The summed E-state index contributed by atoms with van der Waals surface area (Å²) in [4.78, 5) is 11.5. The van der Waals surface area contributed by atoms with Crippen LogP contribution < -0.4 is 0 Å². The van der Waals surface area contributed by atoms with Gasteiger partial charge in [0.25, 0.3) is 0 Å². The molecule has 0 unspecified atom stereocenters. The van der Waals surface area contributed by atoms with E-state index >= 15 is 0 Å². The van der Waals surface area contributed by atoms with Gasteiger partial charge in [-0.2, -0.15) is 0 Å². The fourth-order valence-electron chi connectivity index (χ4n) is 2.76. The van der Waals surface area contributed by atoms with Gasteiger partial charge in [-0.3, -0.25) is 4.79 Å². The first-order chi connectivity index (χ1) is 10.2. The largest absolute Gasteiger partial charge is 0.481 e. The molecular formula is C19H16O2. The van der Waals surface area contributed by atoms with Gasteiger partial charge in [0, 0.05) is 0 Å². The highest BCUT2D eigenvalue weighted by atomic mass is 16.4. The predicted molar refractivity (Wildman–Crippen MR) is 85.4 cm³/mol. The maximum Gasteiger partial charge on any atom is 0.310 e. The number of carboxylic acid groups (broad SMARTS) is 1. The maximum absolute atomic E-state index is 11.5. The Labute approximate surface area is 123 Å². The van der Waals surface area contributed by atoms with Crippen LogP contribution in [0, 0.1) is 0 Å². The molecular weight excluding hydrogens is 260 g/mol. The Hall–Kier alpha value is -2.61. The second kappa shape index (κ2) is 5.41. The SMILES string of the molecule is C[C@H](C(=O)O)c1c(-c2ccccc2)ccc2ccccc12. The van der Waals surface area contributed by atoms with E-state index in [1.165, 1.54) is 0 Å². The second-order valence-corrected chi connectivity index (χ2v) is 5.17. The number of rotatable bonds is 3. The quantitative estimate of drug-likeness (QED) is 0.753. The Morgan fingerprint density at radius 3 is 2.29 bits per heavy atom. The Balaban J connectivity index is 2.34. The molecule has 1 N–H and O–H groups in total. The number of carbonyl (C=O) groups is 1. The van der Waals surface area contributed by atoms with E-state index in [0.717, 1.165) is 27.5 Å².